The number of benzene rings is 1. The van der Waals surface area contributed by atoms with Crippen molar-refractivity contribution < 1.29 is 4.79 Å². The van der Waals surface area contributed by atoms with E-state index in [-0.39, 0.29) is 5.91 Å². The summed E-state index contributed by atoms with van der Waals surface area (Å²) in [5, 5.41) is 3.56. The summed E-state index contributed by atoms with van der Waals surface area (Å²) in [6, 6.07) is 3.89. The summed E-state index contributed by atoms with van der Waals surface area (Å²) in [7, 11) is 0. The van der Waals surface area contributed by atoms with Gasteiger partial charge in [-0.25, -0.2) is 0 Å². The van der Waals surface area contributed by atoms with Crippen LogP contribution in [0, 0.1) is 5.92 Å². The highest BCUT2D eigenvalue weighted by Crippen LogP contribution is 2.43. The Hall–Kier alpha value is -1.26. The van der Waals surface area contributed by atoms with E-state index in [0.29, 0.717) is 11.1 Å². The van der Waals surface area contributed by atoms with Crippen LogP contribution in [-0.2, 0) is 4.79 Å². The lowest BCUT2D eigenvalue weighted by Gasteiger charge is -2.26. The SMILES string of the molecule is NC1C(=O)Nc2cc(N(CC3CC3)C3CC3)c(Cl)cc21. The second-order valence-electron chi connectivity index (χ2n) is 6.18. The quantitative estimate of drug-likeness (QED) is 0.897. The number of amides is 1. The molecule has 2 aliphatic carbocycles. The number of nitrogens with one attached hydrogen (secondary N) is 1. The van der Waals surface area contributed by atoms with Gasteiger partial charge in [-0.05, 0) is 43.7 Å². The fourth-order valence-electron chi connectivity index (χ4n) is 2.92. The average Bonchev–Trinajstić information content (AvgIpc) is 3.30. The summed E-state index contributed by atoms with van der Waals surface area (Å²) in [4.78, 5) is 14.1. The van der Waals surface area contributed by atoms with Crippen LogP contribution in [0.3, 0.4) is 0 Å². The third-order valence-electron chi connectivity index (χ3n) is 4.44. The van der Waals surface area contributed by atoms with E-state index < -0.39 is 6.04 Å². The van der Waals surface area contributed by atoms with Crippen LogP contribution in [0.2, 0.25) is 5.02 Å². The van der Waals surface area contributed by atoms with E-state index in [1.165, 1.54) is 25.7 Å². The predicted octanol–water partition coefficient (Wildman–Crippen LogP) is 2.67. The number of rotatable bonds is 4. The van der Waals surface area contributed by atoms with Crippen LogP contribution in [0.25, 0.3) is 0 Å². The van der Waals surface area contributed by atoms with Gasteiger partial charge in [0.15, 0.2) is 0 Å². The van der Waals surface area contributed by atoms with Crippen LogP contribution >= 0.6 is 11.6 Å². The standard InChI is InChI=1S/C15H18ClN3O/c16-11-5-10-12(18-15(20)14(10)17)6-13(11)19(9-3-4-9)7-8-1-2-8/h5-6,8-9,14H,1-4,7,17H2,(H,18,20). The van der Waals surface area contributed by atoms with E-state index >= 15 is 0 Å². The number of anilines is 2. The van der Waals surface area contributed by atoms with Crippen molar-refractivity contribution in [2.75, 3.05) is 16.8 Å². The van der Waals surface area contributed by atoms with Crippen LogP contribution < -0.4 is 16.0 Å². The largest absolute Gasteiger partial charge is 0.367 e. The molecule has 1 aliphatic heterocycles. The molecule has 5 heteroatoms. The summed E-state index contributed by atoms with van der Waals surface area (Å²) in [6.45, 7) is 1.09. The molecule has 0 saturated heterocycles. The van der Waals surface area contributed by atoms with Crippen molar-refractivity contribution in [1.82, 2.24) is 0 Å². The number of halogens is 1. The zero-order valence-corrected chi connectivity index (χ0v) is 12.0. The number of hydrogen-bond acceptors (Lipinski definition) is 3. The van der Waals surface area contributed by atoms with Gasteiger partial charge in [-0.2, -0.15) is 0 Å². The Morgan fingerprint density at radius 3 is 2.70 bits per heavy atom. The normalized spacial score (nSPS) is 24.5. The molecule has 3 aliphatic rings. The van der Waals surface area contributed by atoms with Gasteiger partial charge in [-0.3, -0.25) is 4.79 Å². The van der Waals surface area contributed by atoms with Crippen LogP contribution in [0.1, 0.15) is 37.3 Å². The van der Waals surface area contributed by atoms with Gasteiger partial charge in [-0.15, -0.1) is 0 Å². The summed E-state index contributed by atoms with van der Waals surface area (Å²) in [5.74, 6) is 0.671. The van der Waals surface area contributed by atoms with Gasteiger partial charge in [0.25, 0.3) is 0 Å². The highest BCUT2D eigenvalue weighted by molar-refractivity contribution is 6.33. The van der Waals surface area contributed by atoms with Gasteiger partial charge in [0.05, 0.1) is 10.7 Å². The first-order valence-corrected chi connectivity index (χ1v) is 7.68. The molecule has 1 aromatic rings. The Morgan fingerprint density at radius 1 is 1.30 bits per heavy atom. The van der Waals surface area contributed by atoms with Gasteiger partial charge >= 0.3 is 0 Å². The molecule has 0 bridgehead atoms. The molecule has 2 fully saturated rings. The molecule has 20 heavy (non-hydrogen) atoms. The first-order chi connectivity index (χ1) is 9.63. The van der Waals surface area contributed by atoms with E-state index in [1.807, 2.05) is 12.1 Å². The number of carbonyl (C=O) groups is 1. The molecule has 0 aromatic heterocycles. The first kappa shape index (κ1) is 12.5. The minimum Gasteiger partial charge on any atom is -0.367 e. The molecular formula is C15H18ClN3O. The molecule has 2 saturated carbocycles. The van der Waals surface area contributed by atoms with Crippen molar-refractivity contribution in [2.24, 2.45) is 11.7 Å². The zero-order valence-electron chi connectivity index (χ0n) is 11.2. The predicted molar refractivity (Wildman–Crippen MR) is 80.1 cm³/mol. The number of carbonyl (C=O) groups excluding carboxylic acids is 1. The molecular weight excluding hydrogens is 274 g/mol. The van der Waals surface area contributed by atoms with Crippen molar-refractivity contribution in [2.45, 2.75) is 37.8 Å². The Morgan fingerprint density at radius 2 is 2.05 bits per heavy atom. The molecule has 4 nitrogen and oxygen atoms in total. The lowest BCUT2D eigenvalue weighted by molar-refractivity contribution is -0.116. The Labute approximate surface area is 123 Å². The molecule has 1 heterocycles. The number of nitrogens with zero attached hydrogens (tertiary/aromatic N) is 1. The van der Waals surface area contributed by atoms with E-state index in [9.17, 15) is 4.79 Å². The van der Waals surface area contributed by atoms with Crippen molar-refractivity contribution in [3.05, 3.63) is 22.7 Å². The van der Waals surface area contributed by atoms with E-state index in [4.69, 9.17) is 17.3 Å². The Balaban J connectivity index is 1.70. The van der Waals surface area contributed by atoms with E-state index in [1.54, 1.807) is 0 Å². The summed E-state index contributed by atoms with van der Waals surface area (Å²) >= 11 is 6.46. The summed E-state index contributed by atoms with van der Waals surface area (Å²) in [6.07, 6.45) is 5.14. The molecule has 4 rings (SSSR count). The van der Waals surface area contributed by atoms with E-state index in [2.05, 4.69) is 10.2 Å². The number of fused-ring (bicyclic) bond motifs is 1. The summed E-state index contributed by atoms with van der Waals surface area (Å²) in [5.41, 5.74) is 8.55. The Bertz CT molecular complexity index is 581. The highest BCUT2D eigenvalue weighted by atomic mass is 35.5. The van der Waals surface area contributed by atoms with Crippen LogP contribution in [0.15, 0.2) is 12.1 Å². The topological polar surface area (TPSA) is 58.4 Å². The van der Waals surface area contributed by atoms with Gasteiger partial charge in [0.2, 0.25) is 5.91 Å². The van der Waals surface area contributed by atoms with Crippen molar-refractivity contribution in [3.63, 3.8) is 0 Å². The molecule has 106 valence electrons. The van der Waals surface area contributed by atoms with Gasteiger partial charge in [-0.1, -0.05) is 11.6 Å². The molecule has 1 amide bonds. The minimum absolute atomic E-state index is 0.145. The zero-order chi connectivity index (χ0) is 13.9. The molecule has 0 spiro atoms. The van der Waals surface area contributed by atoms with Crippen molar-refractivity contribution in [1.29, 1.82) is 0 Å². The van der Waals surface area contributed by atoms with E-state index in [0.717, 1.165) is 29.4 Å². The second-order valence-corrected chi connectivity index (χ2v) is 6.59. The second kappa shape index (κ2) is 4.37. The molecule has 1 unspecified atom stereocenters. The van der Waals surface area contributed by atoms with Crippen LogP contribution in [0.4, 0.5) is 11.4 Å². The lowest BCUT2D eigenvalue weighted by Crippen LogP contribution is -2.28. The summed E-state index contributed by atoms with van der Waals surface area (Å²) < 4.78 is 0. The van der Waals surface area contributed by atoms with Gasteiger partial charge in [0.1, 0.15) is 6.04 Å². The monoisotopic (exact) mass is 291 g/mol. The fraction of sp³-hybridized carbons (Fsp3) is 0.533. The van der Waals surface area contributed by atoms with Gasteiger partial charge in [0, 0.05) is 23.8 Å². The Kier molecular flexibility index (Phi) is 2.72. The highest BCUT2D eigenvalue weighted by Gasteiger charge is 2.36. The van der Waals surface area contributed by atoms with Crippen molar-refractivity contribution in [3.8, 4) is 0 Å². The van der Waals surface area contributed by atoms with Gasteiger partial charge < -0.3 is 16.0 Å². The first-order valence-electron chi connectivity index (χ1n) is 7.30. The third kappa shape index (κ3) is 2.07. The maximum absolute atomic E-state index is 11.7. The van der Waals surface area contributed by atoms with Crippen LogP contribution in [0.5, 0.6) is 0 Å². The number of nitrogens with two attached hydrogens (primary N) is 1. The molecule has 3 N–H and O–H groups in total. The lowest BCUT2D eigenvalue weighted by atomic mass is 10.1. The molecule has 1 aromatic carbocycles. The smallest absolute Gasteiger partial charge is 0.245 e. The molecule has 0 radical (unpaired) electrons. The fourth-order valence-corrected chi connectivity index (χ4v) is 3.20. The van der Waals surface area contributed by atoms with Crippen LogP contribution in [-0.4, -0.2) is 18.5 Å². The average molecular weight is 292 g/mol. The number of hydrogen-bond donors (Lipinski definition) is 2. The maximum atomic E-state index is 11.7. The minimum atomic E-state index is -0.589. The van der Waals surface area contributed by atoms with Crippen molar-refractivity contribution >= 4 is 28.9 Å². The molecule has 1 atom stereocenters. The third-order valence-corrected chi connectivity index (χ3v) is 4.75. The maximum Gasteiger partial charge on any atom is 0.245 e.